The monoisotopic (exact) mass is 716 g/mol. The van der Waals surface area contributed by atoms with E-state index < -0.39 is 11.8 Å². The smallest absolute Gasteiger partial charge is 0.154 e. The van der Waals surface area contributed by atoms with Crippen molar-refractivity contribution in [1.82, 2.24) is 0 Å². The highest BCUT2D eigenvalue weighted by Gasteiger charge is 2.66. The molecule has 6 fully saturated rings. The first kappa shape index (κ1) is 33.2. The predicted molar refractivity (Wildman–Crippen MR) is 180 cm³/mol. The lowest BCUT2D eigenvalue weighted by atomic mass is 9.74. The van der Waals surface area contributed by atoms with Crippen LogP contribution in [0.3, 0.4) is 0 Å². The van der Waals surface area contributed by atoms with E-state index in [1.165, 1.54) is 0 Å². The normalized spacial score (nSPS) is 36.8. The number of carbonyl (C=O) groups is 4. The van der Waals surface area contributed by atoms with E-state index in [4.69, 9.17) is 18.9 Å². The van der Waals surface area contributed by atoms with Gasteiger partial charge >= 0.3 is 0 Å². The van der Waals surface area contributed by atoms with Gasteiger partial charge in [0.2, 0.25) is 0 Å². The van der Waals surface area contributed by atoms with Crippen molar-refractivity contribution >= 4 is 39.1 Å². The lowest BCUT2D eigenvalue weighted by Crippen LogP contribution is -2.34. The molecular weight excluding hydrogens is 676 g/mol. The molecular formula is C39H41BrO8. The molecule has 0 spiro atoms. The number of halogens is 1. The van der Waals surface area contributed by atoms with Gasteiger partial charge in [0, 0.05) is 21.2 Å². The van der Waals surface area contributed by atoms with Gasteiger partial charge in [-0.3, -0.25) is 19.2 Å². The maximum Gasteiger partial charge on any atom is 0.154 e. The quantitative estimate of drug-likeness (QED) is 0.271. The van der Waals surface area contributed by atoms with Gasteiger partial charge in [-0.25, -0.2) is 0 Å². The molecule has 2 aromatic carbocycles. The predicted octanol–water partition coefficient (Wildman–Crippen LogP) is 5.85. The van der Waals surface area contributed by atoms with Crippen LogP contribution < -0.4 is 9.47 Å². The summed E-state index contributed by atoms with van der Waals surface area (Å²) in [6.07, 6.45) is 3.48. The molecule has 2 aliphatic carbocycles. The molecule has 252 valence electrons. The van der Waals surface area contributed by atoms with Gasteiger partial charge in [0.05, 0.1) is 62.3 Å². The van der Waals surface area contributed by atoms with Gasteiger partial charge in [0.1, 0.15) is 23.3 Å². The third-order valence-corrected chi connectivity index (χ3v) is 12.3. The molecule has 4 saturated heterocycles. The SMILES string of the molecule is CC#Cc1ccc(C2C(=O)[C@@H]3[C@@H]4O[C@@H](C[C@H]4CC)[C@@H]3C2=O)c(OC)c1.CC[C@@H]1C[C@@H]2O[C@H]1[C@H]1C(=O)C(c3ccc(Br)cc3OC)C(=O)[C@H]12. The van der Waals surface area contributed by atoms with E-state index >= 15 is 0 Å². The van der Waals surface area contributed by atoms with E-state index in [9.17, 15) is 19.2 Å². The number of carbonyl (C=O) groups excluding carboxylic acids is 4. The Morgan fingerprint density at radius 3 is 1.62 bits per heavy atom. The standard InChI is InChI=1S/C21H22O4.C18H19BrO4/c1-4-6-11-7-8-13(14(9-11)24-3)16-19(22)17-15-10-12(5-2)21(25-15)18(17)20(16)23;1-3-8-6-12-14-15(18(8)23-12)17(21)13(16(14)20)10-5-4-9(19)7-11(10)22-2/h7-9,12,15-18,21H,5,10H2,1-3H3;4-5,7-8,12-15,18H,3,6H2,1-2H3/t12-,15+,16?,17+,18-,21-;8-,12+,13?,14+,15-,18-/m11/s1. The lowest BCUT2D eigenvalue weighted by molar-refractivity contribution is -0.129. The van der Waals surface area contributed by atoms with Gasteiger partial charge in [-0.15, -0.1) is 5.92 Å². The molecule has 0 N–H and O–H groups in total. The minimum Gasteiger partial charge on any atom is -0.496 e. The van der Waals surface area contributed by atoms with Gasteiger partial charge < -0.3 is 18.9 Å². The van der Waals surface area contributed by atoms with Crippen molar-refractivity contribution in [1.29, 1.82) is 0 Å². The first-order chi connectivity index (χ1) is 23.2. The van der Waals surface area contributed by atoms with E-state index in [1.54, 1.807) is 27.2 Å². The molecule has 0 radical (unpaired) electrons. The molecule has 9 heteroatoms. The summed E-state index contributed by atoms with van der Waals surface area (Å²) in [5.41, 5.74) is 2.17. The fourth-order valence-electron chi connectivity index (χ4n) is 9.65. The number of hydrogen-bond donors (Lipinski definition) is 0. The molecule has 4 aliphatic heterocycles. The fraction of sp³-hybridized carbons (Fsp3) is 0.538. The molecule has 2 aromatic rings. The topological polar surface area (TPSA) is 105 Å². The highest BCUT2D eigenvalue weighted by atomic mass is 79.9. The Morgan fingerprint density at radius 1 is 0.708 bits per heavy atom. The zero-order valence-corrected chi connectivity index (χ0v) is 29.5. The second kappa shape index (κ2) is 12.9. The molecule has 0 aromatic heterocycles. The number of Topliss-reactive ketones (excluding diaryl/α,β-unsaturated/α-hetero) is 4. The summed E-state index contributed by atoms with van der Waals surface area (Å²) in [6, 6.07) is 11.0. The highest BCUT2D eigenvalue weighted by molar-refractivity contribution is 9.10. The summed E-state index contributed by atoms with van der Waals surface area (Å²) in [5.74, 6) is 5.34. The largest absolute Gasteiger partial charge is 0.496 e. The average Bonchev–Trinajstić information content (AvgIpc) is 3.93. The van der Waals surface area contributed by atoms with Gasteiger partial charge in [0.25, 0.3) is 0 Å². The van der Waals surface area contributed by atoms with Crippen molar-refractivity contribution in [3.05, 3.63) is 57.6 Å². The number of methoxy groups -OCH3 is 2. The van der Waals surface area contributed by atoms with Crippen molar-refractivity contribution in [2.75, 3.05) is 14.2 Å². The second-order valence-corrected chi connectivity index (χ2v) is 14.8. The first-order valence-corrected chi connectivity index (χ1v) is 17.9. The molecule has 2 unspecified atom stereocenters. The van der Waals surface area contributed by atoms with Crippen molar-refractivity contribution in [2.24, 2.45) is 35.5 Å². The highest BCUT2D eigenvalue weighted by Crippen LogP contribution is 2.57. The zero-order chi connectivity index (χ0) is 34.0. The minimum atomic E-state index is -0.724. The minimum absolute atomic E-state index is 0.00433. The second-order valence-electron chi connectivity index (χ2n) is 13.9. The van der Waals surface area contributed by atoms with E-state index in [1.807, 2.05) is 30.3 Å². The molecule has 4 heterocycles. The fourth-order valence-corrected chi connectivity index (χ4v) is 9.99. The van der Waals surface area contributed by atoms with Crippen LogP contribution in [-0.2, 0) is 28.7 Å². The maximum atomic E-state index is 13.1. The van der Waals surface area contributed by atoms with E-state index in [2.05, 4.69) is 41.6 Å². The van der Waals surface area contributed by atoms with Gasteiger partial charge in [-0.05, 0) is 55.9 Å². The Kier molecular flexibility index (Phi) is 8.89. The van der Waals surface area contributed by atoms with Crippen LogP contribution >= 0.6 is 15.9 Å². The van der Waals surface area contributed by atoms with E-state index in [0.29, 0.717) is 34.5 Å². The van der Waals surface area contributed by atoms with Crippen LogP contribution in [0.15, 0.2) is 40.9 Å². The molecule has 4 bridgehead atoms. The number of hydrogen-bond acceptors (Lipinski definition) is 8. The molecule has 6 aliphatic rings. The van der Waals surface area contributed by atoms with Crippen molar-refractivity contribution in [3.8, 4) is 23.3 Å². The van der Waals surface area contributed by atoms with Crippen molar-refractivity contribution in [3.63, 3.8) is 0 Å². The molecule has 2 saturated carbocycles. The molecule has 48 heavy (non-hydrogen) atoms. The third-order valence-electron chi connectivity index (χ3n) is 11.8. The van der Waals surface area contributed by atoms with Crippen molar-refractivity contribution < 1.29 is 38.1 Å². The number of benzene rings is 2. The average molecular weight is 718 g/mol. The van der Waals surface area contributed by atoms with Crippen LogP contribution in [0.25, 0.3) is 0 Å². The Hall–Kier alpha value is -3.32. The Labute approximate surface area is 289 Å². The molecule has 12 atom stereocenters. The Morgan fingerprint density at radius 2 is 1.17 bits per heavy atom. The number of ketones is 4. The summed E-state index contributed by atoms with van der Waals surface area (Å²) >= 11 is 3.40. The zero-order valence-electron chi connectivity index (χ0n) is 27.9. The Bertz CT molecular complexity index is 1740. The van der Waals surface area contributed by atoms with Crippen LogP contribution in [0.2, 0.25) is 0 Å². The van der Waals surface area contributed by atoms with Gasteiger partial charge in [0.15, 0.2) is 23.1 Å². The van der Waals surface area contributed by atoms with Crippen LogP contribution in [0.1, 0.15) is 75.0 Å². The first-order valence-electron chi connectivity index (χ1n) is 17.1. The van der Waals surface area contributed by atoms with Crippen LogP contribution in [0, 0.1) is 47.3 Å². The summed E-state index contributed by atoms with van der Waals surface area (Å²) < 4.78 is 23.7. The summed E-state index contributed by atoms with van der Waals surface area (Å²) in [7, 11) is 3.13. The van der Waals surface area contributed by atoms with E-state index in [0.717, 1.165) is 35.7 Å². The third kappa shape index (κ3) is 5.01. The van der Waals surface area contributed by atoms with Crippen LogP contribution in [0.4, 0.5) is 0 Å². The van der Waals surface area contributed by atoms with Crippen LogP contribution in [0.5, 0.6) is 11.5 Å². The summed E-state index contributed by atoms with van der Waals surface area (Å²) in [4.78, 5) is 52.2. The van der Waals surface area contributed by atoms with Gasteiger partial charge in [-0.1, -0.05) is 60.7 Å². The Balaban J connectivity index is 0.000000152. The molecule has 0 amide bonds. The van der Waals surface area contributed by atoms with E-state index in [-0.39, 0.29) is 71.2 Å². The number of rotatable bonds is 6. The number of ether oxygens (including phenoxy) is 4. The van der Waals surface area contributed by atoms with Gasteiger partial charge in [-0.2, -0.15) is 0 Å². The lowest BCUT2D eigenvalue weighted by Gasteiger charge is -2.24. The van der Waals surface area contributed by atoms with Crippen LogP contribution in [-0.4, -0.2) is 61.8 Å². The van der Waals surface area contributed by atoms with Crippen molar-refractivity contribution in [2.45, 2.75) is 82.7 Å². The molecule has 8 nitrogen and oxygen atoms in total. The maximum absolute atomic E-state index is 13.1. The molecule has 8 rings (SSSR count). The summed E-state index contributed by atoms with van der Waals surface area (Å²) in [5, 5.41) is 0. The number of fused-ring (bicyclic) bond motifs is 10. The summed E-state index contributed by atoms with van der Waals surface area (Å²) in [6.45, 7) is 6.02.